The number of H-pyrrole nitrogens is 1. The fourth-order valence-electron chi connectivity index (χ4n) is 2.44. The van der Waals surface area contributed by atoms with Gasteiger partial charge in [0.2, 0.25) is 5.78 Å². The second-order valence-electron chi connectivity index (χ2n) is 5.17. The molecule has 0 bridgehead atoms. The van der Waals surface area contributed by atoms with Crippen LogP contribution in [0.1, 0.15) is 33.4 Å². The van der Waals surface area contributed by atoms with Gasteiger partial charge in [0.05, 0.1) is 10.2 Å². The molecule has 126 valence electrons. The molecule has 24 heavy (non-hydrogen) atoms. The Morgan fingerprint density at radius 2 is 2.04 bits per heavy atom. The third kappa shape index (κ3) is 2.54. The highest BCUT2D eigenvalue weighted by Gasteiger charge is 2.35. The lowest BCUT2D eigenvalue weighted by molar-refractivity contribution is -0.137. The Bertz CT molecular complexity index is 998. The lowest BCUT2D eigenvalue weighted by Gasteiger charge is -2.03. The summed E-state index contributed by atoms with van der Waals surface area (Å²) in [6, 6.07) is 2.86. The molecule has 0 atom stereocenters. The molecule has 0 aliphatic heterocycles. The molecule has 3 rings (SSSR count). The van der Waals surface area contributed by atoms with Gasteiger partial charge in [-0.2, -0.15) is 13.2 Å². The number of fused-ring (bicyclic) bond motifs is 1. The molecule has 0 fully saturated rings. The average molecular weight is 355 g/mol. The van der Waals surface area contributed by atoms with Crippen LogP contribution in [0.25, 0.3) is 10.2 Å². The molecule has 0 saturated heterocycles. The fourth-order valence-corrected chi connectivity index (χ4v) is 3.34. The number of hydrogen-bond donors (Lipinski definition) is 1. The zero-order valence-electron chi connectivity index (χ0n) is 12.7. The van der Waals surface area contributed by atoms with Crippen LogP contribution in [0, 0.1) is 6.92 Å². The van der Waals surface area contributed by atoms with Crippen LogP contribution in [-0.4, -0.2) is 20.5 Å². The number of carbonyl (C=O) groups excluding carboxylic acids is 1. The Labute approximate surface area is 137 Å². The summed E-state index contributed by atoms with van der Waals surface area (Å²) in [5.41, 5.74) is 0.111. The van der Waals surface area contributed by atoms with E-state index in [1.165, 1.54) is 29.9 Å². The Balaban J connectivity index is 2.13. The predicted molar refractivity (Wildman–Crippen MR) is 83.5 cm³/mol. The van der Waals surface area contributed by atoms with Gasteiger partial charge >= 0.3 is 6.18 Å². The van der Waals surface area contributed by atoms with Gasteiger partial charge in [-0.25, -0.2) is 4.98 Å². The maximum atomic E-state index is 12.8. The molecule has 0 aliphatic rings. The number of aromatic amines is 1. The zero-order chi connectivity index (χ0) is 17.6. The highest BCUT2D eigenvalue weighted by Crippen LogP contribution is 2.37. The Morgan fingerprint density at radius 1 is 1.33 bits per heavy atom. The second kappa shape index (κ2) is 5.59. The van der Waals surface area contributed by atoms with Gasteiger partial charge in [-0.05, 0) is 31.5 Å². The van der Waals surface area contributed by atoms with E-state index in [1.54, 1.807) is 6.92 Å². The van der Waals surface area contributed by atoms with Crippen LogP contribution < -0.4 is 5.56 Å². The van der Waals surface area contributed by atoms with Crippen LogP contribution in [0.15, 0.2) is 23.1 Å². The van der Waals surface area contributed by atoms with Gasteiger partial charge in [0.15, 0.2) is 5.01 Å². The maximum absolute atomic E-state index is 12.8. The maximum Gasteiger partial charge on any atom is 0.443 e. The van der Waals surface area contributed by atoms with Crippen LogP contribution in [0.2, 0.25) is 0 Å². The van der Waals surface area contributed by atoms with Crippen molar-refractivity contribution in [2.45, 2.75) is 26.6 Å². The number of hydrogen-bond acceptors (Lipinski definition) is 4. The van der Waals surface area contributed by atoms with Crippen molar-refractivity contribution in [1.82, 2.24) is 14.8 Å². The number of nitrogens with zero attached hydrogens (tertiary/aromatic N) is 2. The second-order valence-corrected chi connectivity index (χ2v) is 6.20. The van der Waals surface area contributed by atoms with E-state index in [-0.39, 0.29) is 16.6 Å². The summed E-state index contributed by atoms with van der Waals surface area (Å²) >= 11 is 0.526. The summed E-state index contributed by atoms with van der Waals surface area (Å²) in [4.78, 5) is 28.3. The molecule has 3 aromatic rings. The summed E-state index contributed by atoms with van der Waals surface area (Å²) < 4.78 is 40.0. The smallest absolute Gasteiger partial charge is 0.302 e. The monoisotopic (exact) mass is 355 g/mol. The van der Waals surface area contributed by atoms with E-state index in [0.29, 0.717) is 28.1 Å². The first kappa shape index (κ1) is 16.4. The summed E-state index contributed by atoms with van der Waals surface area (Å²) in [6.45, 7) is 3.66. The molecule has 0 amide bonds. The highest BCUT2D eigenvalue weighted by atomic mass is 32.1. The molecule has 0 saturated carbocycles. The van der Waals surface area contributed by atoms with Crippen molar-refractivity contribution in [3.8, 4) is 0 Å². The molecule has 5 nitrogen and oxygen atoms in total. The van der Waals surface area contributed by atoms with Crippen molar-refractivity contribution in [3.63, 3.8) is 0 Å². The molecule has 0 radical (unpaired) electrons. The summed E-state index contributed by atoms with van der Waals surface area (Å²) in [5.74, 6) is -0.538. The molecule has 9 heteroatoms. The van der Waals surface area contributed by atoms with Crippen LogP contribution in [0.3, 0.4) is 0 Å². The quantitative estimate of drug-likeness (QED) is 0.733. The number of halogens is 3. The van der Waals surface area contributed by atoms with E-state index in [0.717, 1.165) is 0 Å². The standard InChI is InChI=1S/C15H12F3N3O2S/c1-3-21-13(23)9(6-19-21)12(22)8-4-5-10-11(7(8)2)20-14(24-10)15(16,17)18/h4-6,19H,3H2,1-2H3. The number of aryl methyl sites for hydroxylation is 2. The lowest BCUT2D eigenvalue weighted by atomic mass is 10.0. The van der Waals surface area contributed by atoms with Gasteiger partial charge in [-0.15, -0.1) is 11.3 Å². The number of alkyl halides is 3. The normalized spacial score (nSPS) is 12.0. The van der Waals surface area contributed by atoms with Crippen molar-refractivity contribution in [3.05, 3.63) is 50.4 Å². The van der Waals surface area contributed by atoms with E-state index < -0.39 is 22.5 Å². The minimum absolute atomic E-state index is 0.0504. The summed E-state index contributed by atoms with van der Waals surface area (Å²) in [7, 11) is 0. The Hall–Kier alpha value is -2.42. The van der Waals surface area contributed by atoms with E-state index in [4.69, 9.17) is 0 Å². The first-order valence-corrected chi connectivity index (χ1v) is 7.86. The molecule has 1 aromatic carbocycles. The van der Waals surface area contributed by atoms with Gasteiger partial charge in [-0.1, -0.05) is 0 Å². The highest BCUT2D eigenvalue weighted by molar-refractivity contribution is 7.18. The minimum Gasteiger partial charge on any atom is -0.302 e. The number of nitrogens with one attached hydrogen (secondary N) is 1. The van der Waals surface area contributed by atoms with Crippen LogP contribution in [-0.2, 0) is 12.7 Å². The average Bonchev–Trinajstić information content (AvgIpc) is 3.10. The molecule has 0 spiro atoms. The number of aromatic nitrogens is 3. The number of carbonyl (C=O) groups is 1. The number of benzene rings is 1. The molecule has 1 N–H and O–H groups in total. The molecule has 0 aliphatic carbocycles. The number of ketones is 1. The van der Waals surface area contributed by atoms with Gasteiger partial charge in [0, 0.05) is 18.3 Å². The van der Waals surface area contributed by atoms with E-state index in [1.807, 2.05) is 0 Å². The molecule has 2 aromatic heterocycles. The zero-order valence-corrected chi connectivity index (χ0v) is 13.5. The van der Waals surface area contributed by atoms with Gasteiger partial charge in [0.25, 0.3) is 5.56 Å². The third-order valence-electron chi connectivity index (χ3n) is 3.70. The molecule has 2 heterocycles. The third-order valence-corrected chi connectivity index (χ3v) is 4.77. The number of thiazole rings is 1. The van der Waals surface area contributed by atoms with Gasteiger partial charge < -0.3 is 5.10 Å². The molecule has 0 unspecified atom stereocenters. The first-order chi connectivity index (χ1) is 11.2. The van der Waals surface area contributed by atoms with Crippen LogP contribution >= 0.6 is 11.3 Å². The fraction of sp³-hybridized carbons (Fsp3) is 0.267. The summed E-state index contributed by atoms with van der Waals surface area (Å²) in [5, 5.41) is 1.72. The predicted octanol–water partition coefficient (Wildman–Crippen LogP) is 3.36. The van der Waals surface area contributed by atoms with E-state index in [2.05, 4.69) is 10.1 Å². The van der Waals surface area contributed by atoms with Crippen molar-refractivity contribution < 1.29 is 18.0 Å². The summed E-state index contributed by atoms with van der Waals surface area (Å²) in [6.07, 6.45) is -3.23. The van der Waals surface area contributed by atoms with Crippen molar-refractivity contribution in [2.75, 3.05) is 0 Å². The molecular formula is C15H12F3N3O2S. The topological polar surface area (TPSA) is 67.8 Å². The lowest BCUT2D eigenvalue weighted by Crippen LogP contribution is -2.21. The minimum atomic E-state index is -4.53. The van der Waals surface area contributed by atoms with Crippen molar-refractivity contribution >= 4 is 27.3 Å². The SMILES string of the molecule is CCn1[nH]cc(C(=O)c2ccc3sc(C(F)(F)F)nc3c2C)c1=O. The van der Waals surface area contributed by atoms with E-state index in [9.17, 15) is 22.8 Å². The van der Waals surface area contributed by atoms with Crippen LogP contribution in [0.5, 0.6) is 0 Å². The van der Waals surface area contributed by atoms with Crippen molar-refractivity contribution in [2.24, 2.45) is 0 Å². The first-order valence-electron chi connectivity index (χ1n) is 7.04. The number of rotatable bonds is 3. The Kier molecular flexibility index (Phi) is 3.83. The van der Waals surface area contributed by atoms with Gasteiger partial charge in [-0.3, -0.25) is 14.3 Å². The van der Waals surface area contributed by atoms with Crippen LogP contribution in [0.4, 0.5) is 13.2 Å². The van der Waals surface area contributed by atoms with E-state index >= 15 is 0 Å². The van der Waals surface area contributed by atoms with Gasteiger partial charge in [0.1, 0.15) is 5.56 Å². The Morgan fingerprint density at radius 3 is 2.62 bits per heavy atom. The largest absolute Gasteiger partial charge is 0.443 e. The van der Waals surface area contributed by atoms with Crippen molar-refractivity contribution in [1.29, 1.82) is 0 Å². The molecular weight excluding hydrogens is 343 g/mol.